The van der Waals surface area contributed by atoms with Gasteiger partial charge in [-0.15, -0.1) is 11.3 Å². The number of nitro groups is 1. The van der Waals surface area contributed by atoms with Crippen LogP contribution in [0.15, 0.2) is 58.9 Å². The van der Waals surface area contributed by atoms with Gasteiger partial charge in [0, 0.05) is 23.1 Å². The summed E-state index contributed by atoms with van der Waals surface area (Å²) in [7, 11) is -3.06. The lowest BCUT2D eigenvalue weighted by atomic mass is 10.2. The number of amides is 2. The van der Waals surface area contributed by atoms with Crippen molar-refractivity contribution in [1.82, 2.24) is 9.55 Å². The molecule has 0 atom stereocenters. The maximum atomic E-state index is 12.6. The summed E-state index contributed by atoms with van der Waals surface area (Å²) in [5.41, 5.74) is 1.59. The van der Waals surface area contributed by atoms with Gasteiger partial charge >= 0.3 is 5.97 Å². The van der Waals surface area contributed by atoms with Gasteiger partial charge in [0.25, 0.3) is 11.6 Å². The number of nitro benzene ring substituents is 1. The third kappa shape index (κ3) is 6.98. The molecule has 16 heteroatoms. The molecule has 2 aromatic heterocycles. The Morgan fingerprint density at radius 3 is 2.59 bits per heavy atom. The van der Waals surface area contributed by atoms with Gasteiger partial charge in [-0.1, -0.05) is 41.7 Å². The molecule has 0 aliphatic rings. The number of hydrogen-bond donors (Lipinski definition) is 1. The van der Waals surface area contributed by atoms with Crippen molar-refractivity contribution in [2.75, 3.05) is 23.9 Å². The van der Waals surface area contributed by atoms with Crippen molar-refractivity contribution in [1.29, 1.82) is 0 Å². The lowest BCUT2D eigenvalue weighted by Gasteiger charge is -2.04. The molecule has 0 unspecified atom stereocenters. The zero-order valence-electron chi connectivity index (χ0n) is 20.1. The first-order chi connectivity index (χ1) is 18.5. The summed E-state index contributed by atoms with van der Waals surface area (Å²) in [5.74, 6) is -4.67. The lowest BCUT2D eigenvalue weighted by Crippen LogP contribution is -2.28. The van der Waals surface area contributed by atoms with Gasteiger partial charge in [0.05, 0.1) is 27.9 Å². The van der Waals surface area contributed by atoms with Crippen molar-refractivity contribution >= 4 is 71.3 Å². The molecule has 4 rings (SSSR count). The van der Waals surface area contributed by atoms with Crippen LogP contribution in [-0.2, 0) is 35.5 Å². The number of sulfone groups is 1. The van der Waals surface area contributed by atoms with Crippen LogP contribution >= 0.6 is 22.7 Å². The molecular weight excluding hydrogens is 570 g/mol. The Labute approximate surface area is 228 Å². The SMILES string of the molecule is COC(=O)Cn1c(=NC(=O)CS(=O)(=O)CC(=O)Nc2nc(-c3ccccc3)cs2)sc2cc([N+](=O)[O-])ccc21. The summed E-state index contributed by atoms with van der Waals surface area (Å²) >= 11 is 1.98. The first-order valence-corrected chi connectivity index (χ1v) is 14.5. The Morgan fingerprint density at radius 1 is 1.15 bits per heavy atom. The molecule has 1 N–H and O–H groups in total. The molecule has 39 heavy (non-hydrogen) atoms. The molecule has 2 amide bonds. The summed E-state index contributed by atoms with van der Waals surface area (Å²) < 4.78 is 31.4. The highest BCUT2D eigenvalue weighted by Gasteiger charge is 2.22. The van der Waals surface area contributed by atoms with Crippen LogP contribution in [0.2, 0.25) is 0 Å². The summed E-state index contributed by atoms with van der Waals surface area (Å²) in [5, 5.41) is 15.4. The number of carbonyl (C=O) groups excluding carboxylic acids is 3. The van der Waals surface area contributed by atoms with Crippen LogP contribution in [0.5, 0.6) is 0 Å². The Morgan fingerprint density at radius 2 is 1.90 bits per heavy atom. The maximum absolute atomic E-state index is 12.6. The zero-order chi connectivity index (χ0) is 28.2. The number of aromatic nitrogens is 2. The number of nitrogens with zero attached hydrogens (tertiary/aromatic N) is 4. The number of non-ortho nitro benzene ring substituents is 1. The quantitative estimate of drug-likeness (QED) is 0.174. The van der Waals surface area contributed by atoms with E-state index < -0.39 is 44.0 Å². The van der Waals surface area contributed by atoms with Gasteiger partial charge in [0.15, 0.2) is 19.8 Å². The number of hydrogen-bond acceptors (Lipinski definition) is 11. The number of esters is 1. The van der Waals surface area contributed by atoms with Gasteiger partial charge in [-0.25, -0.2) is 13.4 Å². The molecule has 0 fully saturated rings. The number of carbonyl (C=O) groups is 3. The molecule has 0 saturated carbocycles. The minimum Gasteiger partial charge on any atom is -0.468 e. The van der Waals surface area contributed by atoms with E-state index in [4.69, 9.17) is 0 Å². The number of methoxy groups -OCH3 is 1. The van der Waals surface area contributed by atoms with Crippen LogP contribution in [0.4, 0.5) is 10.8 Å². The Bertz CT molecular complexity index is 1760. The molecule has 202 valence electrons. The maximum Gasteiger partial charge on any atom is 0.325 e. The number of thiazole rings is 2. The van der Waals surface area contributed by atoms with Crippen molar-refractivity contribution in [2.24, 2.45) is 4.99 Å². The largest absolute Gasteiger partial charge is 0.468 e. The number of nitrogens with one attached hydrogen (secondary N) is 1. The molecule has 0 bridgehead atoms. The second-order valence-corrected chi connectivity index (χ2v) is 11.9. The second-order valence-electron chi connectivity index (χ2n) is 7.95. The van der Waals surface area contributed by atoms with E-state index in [-0.39, 0.29) is 22.2 Å². The Kier molecular flexibility index (Phi) is 8.27. The minimum atomic E-state index is -4.22. The first-order valence-electron chi connectivity index (χ1n) is 11.0. The standard InChI is InChI=1S/C23H19N5O8S3/c1-36-21(31)10-27-17-8-7-15(28(32)33)9-18(17)38-23(27)26-20(30)13-39(34,35)12-19(29)25-22-24-16(11-37-22)14-5-3-2-4-6-14/h2-9,11H,10,12-13H2,1H3,(H,24,25,29). The molecule has 0 aliphatic heterocycles. The van der Waals surface area contributed by atoms with Crippen molar-refractivity contribution in [3.05, 3.63) is 68.8 Å². The molecule has 0 radical (unpaired) electrons. The topological polar surface area (TPSA) is 180 Å². The monoisotopic (exact) mass is 589 g/mol. The lowest BCUT2D eigenvalue weighted by molar-refractivity contribution is -0.384. The number of fused-ring (bicyclic) bond motifs is 1. The number of anilines is 1. The van der Waals surface area contributed by atoms with E-state index in [1.165, 1.54) is 22.8 Å². The molecular formula is C23H19N5O8S3. The smallest absolute Gasteiger partial charge is 0.325 e. The van der Waals surface area contributed by atoms with Gasteiger partial charge in [-0.2, -0.15) is 4.99 Å². The summed E-state index contributed by atoms with van der Waals surface area (Å²) in [6.07, 6.45) is 0. The average molecular weight is 590 g/mol. The first kappa shape index (κ1) is 27.7. The number of benzene rings is 2. The number of rotatable bonds is 9. The van der Waals surface area contributed by atoms with E-state index in [9.17, 15) is 32.9 Å². The molecule has 0 spiro atoms. The van der Waals surface area contributed by atoms with Gasteiger partial charge in [0.1, 0.15) is 18.1 Å². The van der Waals surface area contributed by atoms with Crippen LogP contribution in [0, 0.1) is 10.1 Å². The van der Waals surface area contributed by atoms with E-state index in [0.29, 0.717) is 15.9 Å². The third-order valence-corrected chi connectivity index (χ3v) is 8.31. The normalized spacial score (nSPS) is 11.9. The Hall–Kier alpha value is -4.28. The van der Waals surface area contributed by atoms with E-state index in [1.807, 2.05) is 30.3 Å². The van der Waals surface area contributed by atoms with Gasteiger partial charge in [-0.05, 0) is 6.07 Å². The van der Waals surface area contributed by atoms with Crippen LogP contribution in [0.1, 0.15) is 0 Å². The summed E-state index contributed by atoms with van der Waals surface area (Å²) in [6.45, 7) is -0.367. The van der Waals surface area contributed by atoms with Crippen molar-refractivity contribution in [3.8, 4) is 11.3 Å². The molecule has 2 heterocycles. The van der Waals surface area contributed by atoms with E-state index >= 15 is 0 Å². The summed E-state index contributed by atoms with van der Waals surface area (Å²) in [4.78, 5) is 55.4. The van der Waals surface area contributed by atoms with Gasteiger partial charge in [-0.3, -0.25) is 24.5 Å². The zero-order valence-corrected chi connectivity index (χ0v) is 22.5. The molecule has 4 aromatic rings. The Balaban J connectivity index is 1.50. The highest BCUT2D eigenvalue weighted by Crippen LogP contribution is 2.25. The van der Waals surface area contributed by atoms with Crippen LogP contribution in [0.25, 0.3) is 21.5 Å². The van der Waals surface area contributed by atoms with Gasteiger partial charge in [0.2, 0.25) is 5.91 Å². The highest BCUT2D eigenvalue weighted by atomic mass is 32.2. The fourth-order valence-electron chi connectivity index (χ4n) is 3.41. The second kappa shape index (κ2) is 11.6. The van der Waals surface area contributed by atoms with E-state index in [2.05, 4.69) is 20.0 Å². The molecule has 13 nitrogen and oxygen atoms in total. The predicted molar refractivity (Wildman–Crippen MR) is 144 cm³/mol. The number of ether oxygens (including phenoxy) is 1. The molecule has 0 aliphatic carbocycles. The molecule has 2 aromatic carbocycles. The van der Waals surface area contributed by atoms with Crippen LogP contribution < -0.4 is 10.1 Å². The average Bonchev–Trinajstić information content (AvgIpc) is 3.47. The van der Waals surface area contributed by atoms with Gasteiger partial charge < -0.3 is 14.6 Å². The fourth-order valence-corrected chi connectivity index (χ4v) is 6.24. The van der Waals surface area contributed by atoms with Crippen molar-refractivity contribution in [3.63, 3.8) is 0 Å². The predicted octanol–water partition coefficient (Wildman–Crippen LogP) is 2.39. The van der Waals surface area contributed by atoms with Crippen molar-refractivity contribution < 1.29 is 32.5 Å². The minimum absolute atomic E-state index is 0.0585. The van der Waals surface area contributed by atoms with Crippen molar-refractivity contribution in [2.45, 2.75) is 6.54 Å². The molecule has 0 saturated heterocycles. The van der Waals surface area contributed by atoms with E-state index in [0.717, 1.165) is 35.3 Å². The van der Waals surface area contributed by atoms with Crippen LogP contribution in [-0.4, -0.2) is 59.3 Å². The van der Waals surface area contributed by atoms with E-state index in [1.54, 1.807) is 5.38 Å². The highest BCUT2D eigenvalue weighted by molar-refractivity contribution is 7.92. The summed E-state index contributed by atoms with van der Waals surface area (Å²) in [6, 6.07) is 13.1. The fraction of sp³-hybridized carbons (Fsp3) is 0.174. The van der Waals surface area contributed by atoms with Crippen LogP contribution in [0.3, 0.4) is 0 Å². The third-order valence-electron chi connectivity index (χ3n) is 5.13.